The lowest BCUT2D eigenvalue weighted by Crippen LogP contribution is -2.14. The van der Waals surface area contributed by atoms with E-state index >= 15 is 0 Å². The van der Waals surface area contributed by atoms with Crippen LogP contribution in [0.5, 0.6) is 0 Å². The Balaban J connectivity index is 1.72. The molecule has 2 fully saturated rings. The molecule has 0 aromatic heterocycles. The first-order chi connectivity index (χ1) is 9.04. The largest absolute Gasteiger partial charge is 0.388 e. The van der Waals surface area contributed by atoms with Crippen molar-refractivity contribution in [1.29, 1.82) is 0 Å². The molecule has 0 heterocycles. The van der Waals surface area contributed by atoms with Gasteiger partial charge in [0.25, 0.3) is 0 Å². The van der Waals surface area contributed by atoms with Crippen molar-refractivity contribution in [1.82, 2.24) is 0 Å². The van der Waals surface area contributed by atoms with Crippen LogP contribution in [0, 0.1) is 31.6 Å². The number of aliphatic hydroxyl groups is 1. The van der Waals surface area contributed by atoms with Gasteiger partial charge in [0.1, 0.15) is 0 Å². The van der Waals surface area contributed by atoms with E-state index in [4.69, 9.17) is 0 Å². The van der Waals surface area contributed by atoms with Crippen LogP contribution < -0.4 is 0 Å². The maximum Gasteiger partial charge on any atom is 0.0793 e. The van der Waals surface area contributed by atoms with Crippen molar-refractivity contribution in [3.63, 3.8) is 0 Å². The van der Waals surface area contributed by atoms with E-state index in [9.17, 15) is 5.11 Å². The summed E-state index contributed by atoms with van der Waals surface area (Å²) in [7, 11) is 0. The Bertz CT molecular complexity index is 459. The molecule has 3 rings (SSSR count). The van der Waals surface area contributed by atoms with Crippen molar-refractivity contribution in [2.75, 3.05) is 0 Å². The molecule has 2 saturated carbocycles. The van der Waals surface area contributed by atoms with Gasteiger partial charge in [-0.25, -0.2) is 0 Å². The fourth-order valence-corrected chi connectivity index (χ4v) is 4.49. The van der Waals surface area contributed by atoms with E-state index in [-0.39, 0.29) is 6.10 Å². The first-order valence-corrected chi connectivity index (χ1v) is 8.28. The summed E-state index contributed by atoms with van der Waals surface area (Å²) in [5.74, 6) is 2.63. The zero-order valence-electron chi connectivity index (χ0n) is 11.8. The Morgan fingerprint density at radius 3 is 2.42 bits per heavy atom. The lowest BCUT2D eigenvalue weighted by atomic mass is 9.83. The third kappa shape index (κ3) is 2.62. The van der Waals surface area contributed by atoms with E-state index in [0.717, 1.165) is 29.7 Å². The number of aliphatic hydroxyl groups excluding tert-OH is 1. The summed E-state index contributed by atoms with van der Waals surface area (Å²) in [5.41, 5.74) is 3.55. The minimum atomic E-state index is -0.283. The minimum absolute atomic E-state index is 0.283. The third-order valence-electron chi connectivity index (χ3n) is 5.25. The molecule has 1 N–H and O–H groups in total. The maximum atomic E-state index is 10.5. The van der Waals surface area contributed by atoms with E-state index in [1.165, 1.54) is 41.3 Å². The van der Waals surface area contributed by atoms with Crippen molar-refractivity contribution < 1.29 is 5.11 Å². The molecule has 0 aliphatic heterocycles. The Kier molecular flexibility index (Phi) is 3.74. The Morgan fingerprint density at radius 2 is 1.89 bits per heavy atom. The topological polar surface area (TPSA) is 20.2 Å². The van der Waals surface area contributed by atoms with Crippen LogP contribution in [-0.2, 0) is 0 Å². The predicted molar refractivity (Wildman–Crippen MR) is 82.1 cm³/mol. The second-order valence-corrected chi connectivity index (χ2v) is 7.45. The molecule has 0 radical (unpaired) electrons. The first-order valence-electron chi connectivity index (χ1n) is 7.49. The molecule has 1 nitrogen and oxygen atoms in total. The van der Waals surface area contributed by atoms with Crippen LogP contribution in [0.25, 0.3) is 0 Å². The summed E-state index contributed by atoms with van der Waals surface area (Å²) in [6, 6.07) is 4.27. The van der Waals surface area contributed by atoms with E-state index in [1.807, 2.05) is 0 Å². The average molecular weight is 323 g/mol. The number of hydrogen-bond acceptors (Lipinski definition) is 1. The van der Waals surface area contributed by atoms with Gasteiger partial charge in [0.05, 0.1) is 6.10 Å². The van der Waals surface area contributed by atoms with Crippen molar-refractivity contribution in [3.05, 3.63) is 33.3 Å². The van der Waals surface area contributed by atoms with Crippen LogP contribution in [-0.4, -0.2) is 5.11 Å². The molecule has 0 spiro atoms. The van der Waals surface area contributed by atoms with Gasteiger partial charge in [0.15, 0.2) is 0 Å². The SMILES string of the molecule is Cc1cc(C(O)CC2CC3CCC2C3)cc(C)c1Br. The molecule has 1 aromatic carbocycles. The van der Waals surface area contributed by atoms with E-state index in [1.54, 1.807) is 0 Å². The van der Waals surface area contributed by atoms with Gasteiger partial charge in [0, 0.05) is 4.47 Å². The molecule has 0 amide bonds. The second kappa shape index (κ2) is 5.21. The van der Waals surface area contributed by atoms with Gasteiger partial charge in [-0.2, -0.15) is 0 Å². The molecule has 1 aromatic rings. The quantitative estimate of drug-likeness (QED) is 0.836. The standard InChI is InChI=1S/C17H23BrO/c1-10-5-15(6-11(2)17(10)18)16(19)9-14-8-12-3-4-13(14)7-12/h5-6,12-14,16,19H,3-4,7-9H2,1-2H3. The molecule has 0 saturated heterocycles. The van der Waals surface area contributed by atoms with Crippen LogP contribution >= 0.6 is 15.9 Å². The number of fused-ring (bicyclic) bond motifs is 2. The Morgan fingerprint density at radius 1 is 1.21 bits per heavy atom. The molecule has 19 heavy (non-hydrogen) atoms. The van der Waals surface area contributed by atoms with Crippen molar-refractivity contribution in [2.45, 2.75) is 52.1 Å². The molecule has 4 atom stereocenters. The number of hydrogen-bond donors (Lipinski definition) is 1. The normalized spacial score (nSPS) is 30.8. The van der Waals surface area contributed by atoms with Gasteiger partial charge >= 0.3 is 0 Å². The Labute approximate surface area is 124 Å². The minimum Gasteiger partial charge on any atom is -0.388 e. The van der Waals surface area contributed by atoms with Gasteiger partial charge in [0.2, 0.25) is 0 Å². The van der Waals surface area contributed by atoms with E-state index < -0.39 is 0 Å². The van der Waals surface area contributed by atoms with Crippen LogP contribution in [0.3, 0.4) is 0 Å². The summed E-state index contributed by atoms with van der Waals surface area (Å²) in [6.07, 6.45) is 6.30. The highest BCUT2D eigenvalue weighted by Gasteiger charge is 2.40. The summed E-state index contributed by atoms with van der Waals surface area (Å²) < 4.78 is 1.17. The Hall–Kier alpha value is -0.340. The molecular weight excluding hydrogens is 300 g/mol. The van der Waals surface area contributed by atoms with Crippen LogP contribution in [0.4, 0.5) is 0 Å². The zero-order valence-corrected chi connectivity index (χ0v) is 13.4. The van der Waals surface area contributed by atoms with E-state index in [2.05, 4.69) is 41.9 Å². The monoisotopic (exact) mass is 322 g/mol. The fraction of sp³-hybridized carbons (Fsp3) is 0.647. The lowest BCUT2D eigenvalue weighted by molar-refractivity contribution is 0.125. The lowest BCUT2D eigenvalue weighted by Gasteiger charge is -2.24. The highest BCUT2D eigenvalue weighted by Crippen LogP contribution is 2.51. The number of aryl methyl sites for hydroxylation is 2. The summed E-state index contributed by atoms with van der Waals surface area (Å²) in [6.45, 7) is 4.20. The highest BCUT2D eigenvalue weighted by molar-refractivity contribution is 9.10. The highest BCUT2D eigenvalue weighted by atomic mass is 79.9. The van der Waals surface area contributed by atoms with Gasteiger partial charge in [-0.3, -0.25) is 0 Å². The molecular formula is C17H23BrO. The van der Waals surface area contributed by atoms with E-state index in [0.29, 0.717) is 0 Å². The molecule has 2 aliphatic rings. The molecule has 2 aliphatic carbocycles. The molecule has 2 heteroatoms. The van der Waals surface area contributed by atoms with Gasteiger partial charge < -0.3 is 5.11 Å². The maximum absolute atomic E-state index is 10.5. The van der Waals surface area contributed by atoms with Crippen molar-refractivity contribution >= 4 is 15.9 Å². The smallest absolute Gasteiger partial charge is 0.0793 e. The molecule has 4 unspecified atom stereocenters. The predicted octanol–water partition coefficient (Wildman–Crippen LogP) is 4.93. The van der Waals surface area contributed by atoms with Gasteiger partial charge in [-0.1, -0.05) is 34.5 Å². The summed E-state index contributed by atoms with van der Waals surface area (Å²) in [5, 5.41) is 10.5. The van der Waals surface area contributed by atoms with Gasteiger partial charge in [-0.05, 0) is 74.0 Å². The summed E-state index contributed by atoms with van der Waals surface area (Å²) >= 11 is 3.60. The second-order valence-electron chi connectivity index (χ2n) is 6.66. The molecule has 104 valence electrons. The fourth-order valence-electron chi connectivity index (χ4n) is 4.26. The number of halogens is 1. The molecule has 2 bridgehead atoms. The van der Waals surface area contributed by atoms with Crippen molar-refractivity contribution in [3.8, 4) is 0 Å². The van der Waals surface area contributed by atoms with Gasteiger partial charge in [-0.15, -0.1) is 0 Å². The third-order valence-corrected chi connectivity index (χ3v) is 6.50. The van der Waals surface area contributed by atoms with Crippen molar-refractivity contribution in [2.24, 2.45) is 17.8 Å². The number of benzene rings is 1. The van der Waals surface area contributed by atoms with Crippen LogP contribution in [0.2, 0.25) is 0 Å². The zero-order chi connectivity index (χ0) is 13.6. The van der Waals surface area contributed by atoms with Crippen LogP contribution in [0.15, 0.2) is 16.6 Å². The first kappa shape index (κ1) is 13.6. The number of rotatable bonds is 3. The van der Waals surface area contributed by atoms with Crippen LogP contribution in [0.1, 0.15) is 54.9 Å². The summed E-state index contributed by atoms with van der Waals surface area (Å²) in [4.78, 5) is 0. The average Bonchev–Trinajstić information content (AvgIpc) is 2.97.